The van der Waals surface area contributed by atoms with Crippen LogP contribution in [0.25, 0.3) is 0 Å². The van der Waals surface area contributed by atoms with Crippen LogP contribution in [0.15, 0.2) is 12.3 Å². The van der Waals surface area contributed by atoms with Gasteiger partial charge in [0.25, 0.3) is 0 Å². The summed E-state index contributed by atoms with van der Waals surface area (Å²) in [5.74, 6) is 0.982. The minimum Gasteiger partial charge on any atom is -0.506 e. The Balaban J connectivity index is 1.98. The Morgan fingerprint density at radius 2 is 2.33 bits per heavy atom. The van der Waals surface area contributed by atoms with Crippen molar-refractivity contribution in [3.63, 3.8) is 0 Å². The van der Waals surface area contributed by atoms with Gasteiger partial charge in [-0.15, -0.1) is 0 Å². The molecule has 7 heteroatoms. The molecule has 3 rings (SSSR count). The third kappa shape index (κ3) is 2.17. The molecule has 2 N–H and O–H groups in total. The summed E-state index contributed by atoms with van der Waals surface area (Å²) in [6.07, 6.45) is 1.18. The minimum absolute atomic E-state index is 0.00546. The van der Waals surface area contributed by atoms with Gasteiger partial charge in [-0.05, 0) is 19.4 Å². The maximum Gasteiger partial charge on any atom is 0.407 e. The maximum atomic E-state index is 11.5. The summed E-state index contributed by atoms with van der Waals surface area (Å²) in [5, 5.41) is 19.0. The summed E-state index contributed by atoms with van der Waals surface area (Å²) in [4.78, 5) is 19.4. The molecule has 0 radical (unpaired) electrons. The molecule has 0 aliphatic carbocycles. The van der Waals surface area contributed by atoms with E-state index in [0.29, 0.717) is 19.6 Å². The number of rotatable bonds is 2. The minimum atomic E-state index is -0.921. The van der Waals surface area contributed by atoms with Gasteiger partial charge in [-0.2, -0.15) is 0 Å². The monoisotopic (exact) mass is 293 g/mol. The second kappa shape index (κ2) is 5.07. The van der Waals surface area contributed by atoms with Crippen molar-refractivity contribution in [2.24, 2.45) is 0 Å². The fourth-order valence-corrected chi connectivity index (χ4v) is 3.52. The number of aromatic nitrogens is 1. The van der Waals surface area contributed by atoms with E-state index in [1.54, 1.807) is 13.2 Å². The van der Waals surface area contributed by atoms with Crippen molar-refractivity contribution in [2.75, 3.05) is 25.2 Å². The van der Waals surface area contributed by atoms with E-state index in [0.717, 1.165) is 11.4 Å². The Hall–Kier alpha value is -2.02. The molecular weight excluding hydrogens is 274 g/mol. The molecule has 3 atom stereocenters. The molecule has 1 aromatic rings. The van der Waals surface area contributed by atoms with Crippen molar-refractivity contribution < 1.29 is 19.7 Å². The predicted molar refractivity (Wildman–Crippen MR) is 75.7 cm³/mol. The van der Waals surface area contributed by atoms with Crippen LogP contribution in [0.2, 0.25) is 0 Å². The highest BCUT2D eigenvalue weighted by atomic mass is 16.5. The average Bonchev–Trinajstić information content (AvgIpc) is 2.80. The van der Waals surface area contributed by atoms with Crippen LogP contribution < -0.4 is 4.90 Å². The lowest BCUT2D eigenvalue weighted by Gasteiger charge is -2.47. The first-order valence-corrected chi connectivity index (χ1v) is 6.97. The number of fused-ring (bicyclic) bond motifs is 3. The molecule has 1 amide bonds. The zero-order valence-electron chi connectivity index (χ0n) is 12.1. The number of nitrogens with zero attached hydrogens (tertiary/aromatic N) is 3. The number of hydrogen-bond donors (Lipinski definition) is 2. The normalized spacial score (nSPS) is 27.4. The number of amides is 1. The van der Waals surface area contributed by atoms with Crippen LogP contribution in [-0.2, 0) is 11.2 Å². The number of aromatic hydroxyl groups is 1. The highest BCUT2D eigenvalue weighted by molar-refractivity contribution is 5.68. The molecule has 2 aliphatic heterocycles. The molecule has 3 heterocycles. The van der Waals surface area contributed by atoms with Crippen LogP contribution in [-0.4, -0.2) is 64.6 Å². The van der Waals surface area contributed by atoms with Gasteiger partial charge in [-0.25, -0.2) is 9.78 Å². The van der Waals surface area contributed by atoms with Crippen molar-refractivity contribution in [2.45, 2.75) is 31.5 Å². The summed E-state index contributed by atoms with van der Waals surface area (Å²) in [5.41, 5.74) is 0.959. The number of anilines is 1. The molecule has 0 bridgehead atoms. The number of pyridine rings is 1. The molecule has 0 saturated carbocycles. The van der Waals surface area contributed by atoms with Gasteiger partial charge < -0.3 is 19.8 Å². The van der Waals surface area contributed by atoms with Gasteiger partial charge in [0.1, 0.15) is 11.6 Å². The number of ether oxygens (including phenoxy) is 1. The van der Waals surface area contributed by atoms with E-state index in [9.17, 15) is 15.0 Å². The molecule has 1 saturated heterocycles. The van der Waals surface area contributed by atoms with Gasteiger partial charge in [0.2, 0.25) is 0 Å². The van der Waals surface area contributed by atoms with Gasteiger partial charge in [0.05, 0.1) is 24.9 Å². The molecule has 1 aromatic heterocycles. The average molecular weight is 293 g/mol. The molecule has 1 fully saturated rings. The molecule has 21 heavy (non-hydrogen) atoms. The van der Waals surface area contributed by atoms with Crippen LogP contribution in [0.3, 0.4) is 0 Å². The third-order valence-electron chi connectivity index (χ3n) is 4.32. The van der Waals surface area contributed by atoms with Gasteiger partial charge in [0, 0.05) is 25.3 Å². The molecule has 114 valence electrons. The van der Waals surface area contributed by atoms with Crippen molar-refractivity contribution in [1.82, 2.24) is 9.88 Å². The van der Waals surface area contributed by atoms with Crippen LogP contribution in [0, 0.1) is 0 Å². The van der Waals surface area contributed by atoms with E-state index in [4.69, 9.17) is 4.74 Å². The Morgan fingerprint density at radius 3 is 3.00 bits per heavy atom. The van der Waals surface area contributed by atoms with Gasteiger partial charge >= 0.3 is 6.09 Å². The summed E-state index contributed by atoms with van der Waals surface area (Å²) in [7, 11) is 1.58. The van der Waals surface area contributed by atoms with Crippen LogP contribution in [0.4, 0.5) is 10.6 Å². The highest BCUT2D eigenvalue weighted by Gasteiger charge is 2.46. The first kappa shape index (κ1) is 13.9. The lowest BCUT2D eigenvalue weighted by Crippen LogP contribution is -2.65. The van der Waals surface area contributed by atoms with E-state index in [1.807, 2.05) is 6.92 Å². The molecule has 0 aromatic carbocycles. The number of hydrogen-bond acceptors (Lipinski definition) is 5. The van der Waals surface area contributed by atoms with E-state index >= 15 is 0 Å². The molecular formula is C14H19N3O4. The second-order valence-corrected chi connectivity index (χ2v) is 5.66. The van der Waals surface area contributed by atoms with Crippen molar-refractivity contribution in [3.8, 4) is 5.75 Å². The number of methoxy groups -OCH3 is 1. The van der Waals surface area contributed by atoms with Crippen LogP contribution in [0.5, 0.6) is 5.75 Å². The van der Waals surface area contributed by atoms with Gasteiger partial charge in [0.15, 0.2) is 0 Å². The first-order valence-electron chi connectivity index (χ1n) is 6.97. The van der Waals surface area contributed by atoms with Crippen molar-refractivity contribution in [3.05, 3.63) is 17.8 Å². The molecule has 7 nitrogen and oxygen atoms in total. The summed E-state index contributed by atoms with van der Waals surface area (Å²) in [6, 6.07) is 1.51. The SMILES string of the molecule is COCC1C2Cc3cc(O)cnc3N2C(C)CN1C(=O)O. The Morgan fingerprint density at radius 1 is 1.57 bits per heavy atom. The fourth-order valence-electron chi connectivity index (χ4n) is 3.52. The zero-order valence-corrected chi connectivity index (χ0v) is 12.1. The Labute approximate surface area is 122 Å². The fraction of sp³-hybridized carbons (Fsp3) is 0.571. The van der Waals surface area contributed by atoms with Crippen LogP contribution >= 0.6 is 0 Å². The highest BCUT2D eigenvalue weighted by Crippen LogP contribution is 2.38. The lowest BCUT2D eigenvalue weighted by atomic mass is 9.98. The smallest absolute Gasteiger partial charge is 0.407 e. The Bertz CT molecular complexity index is 565. The van der Waals surface area contributed by atoms with Gasteiger partial charge in [-0.1, -0.05) is 0 Å². The molecule has 0 spiro atoms. The van der Waals surface area contributed by atoms with E-state index < -0.39 is 6.09 Å². The summed E-state index contributed by atoms with van der Waals surface area (Å²) >= 11 is 0. The zero-order chi connectivity index (χ0) is 15.1. The Kier molecular flexibility index (Phi) is 3.36. The largest absolute Gasteiger partial charge is 0.506 e. The third-order valence-corrected chi connectivity index (χ3v) is 4.32. The molecule has 3 unspecified atom stereocenters. The van der Waals surface area contributed by atoms with Crippen molar-refractivity contribution >= 4 is 11.9 Å². The standard InChI is InChI=1S/C14H19N3O4/c1-8-6-16(14(19)20)12(7-21-2)11-4-9-3-10(18)5-15-13(9)17(8)11/h3,5,8,11-12,18H,4,6-7H2,1-2H3,(H,19,20). The number of piperazine rings is 1. The lowest BCUT2D eigenvalue weighted by molar-refractivity contribution is 0.0490. The van der Waals surface area contributed by atoms with E-state index in [1.165, 1.54) is 11.1 Å². The molecule has 2 aliphatic rings. The number of carbonyl (C=O) groups is 1. The summed E-state index contributed by atoms with van der Waals surface area (Å²) in [6.45, 7) is 2.76. The number of carboxylic acid groups (broad SMARTS) is 1. The first-order chi connectivity index (χ1) is 10.0. The van der Waals surface area contributed by atoms with Gasteiger partial charge in [-0.3, -0.25) is 4.90 Å². The van der Waals surface area contributed by atoms with Crippen LogP contribution in [0.1, 0.15) is 12.5 Å². The maximum absolute atomic E-state index is 11.5. The van der Waals surface area contributed by atoms with E-state index in [-0.39, 0.29) is 23.9 Å². The quantitative estimate of drug-likeness (QED) is 0.843. The van der Waals surface area contributed by atoms with E-state index in [2.05, 4.69) is 9.88 Å². The topological polar surface area (TPSA) is 86.1 Å². The summed E-state index contributed by atoms with van der Waals surface area (Å²) < 4.78 is 5.23. The van der Waals surface area contributed by atoms with Crippen molar-refractivity contribution in [1.29, 1.82) is 0 Å². The second-order valence-electron chi connectivity index (χ2n) is 5.66. The predicted octanol–water partition coefficient (Wildman–Crippen LogP) is 0.915.